The van der Waals surface area contributed by atoms with Gasteiger partial charge in [-0.15, -0.1) is 0 Å². The van der Waals surface area contributed by atoms with Crippen molar-refractivity contribution in [1.29, 1.82) is 0 Å². The molecule has 1 amide bonds. The van der Waals surface area contributed by atoms with Gasteiger partial charge in [-0.25, -0.2) is 0 Å². The minimum Gasteiger partial charge on any atom is -0.338 e. The third-order valence-corrected chi connectivity index (χ3v) is 2.71. The molecule has 0 saturated carbocycles. The van der Waals surface area contributed by atoms with Crippen LogP contribution in [-0.4, -0.2) is 37.5 Å². The largest absolute Gasteiger partial charge is 0.338 e. The van der Waals surface area contributed by atoms with Gasteiger partial charge in [-0.2, -0.15) is 0 Å². The third kappa shape index (κ3) is 2.84. The van der Waals surface area contributed by atoms with E-state index in [1.54, 1.807) is 0 Å². The zero-order chi connectivity index (χ0) is 10.6. The quantitative estimate of drug-likeness (QED) is 0.666. The lowest BCUT2D eigenvalue weighted by atomic mass is 10.1. The van der Waals surface area contributed by atoms with Crippen molar-refractivity contribution in [3.8, 4) is 0 Å². The SMILES string of the molecule is C=C(CNC)CN1CC(CC)CC1=O. The first kappa shape index (κ1) is 11.2. The normalized spacial score (nSPS) is 21.7. The van der Waals surface area contributed by atoms with Crippen molar-refractivity contribution in [2.75, 3.05) is 26.7 Å². The summed E-state index contributed by atoms with van der Waals surface area (Å²) in [6, 6.07) is 0. The molecule has 0 aliphatic carbocycles. The zero-order valence-corrected chi connectivity index (χ0v) is 9.18. The van der Waals surface area contributed by atoms with Crippen LogP contribution in [0.5, 0.6) is 0 Å². The molecular weight excluding hydrogens is 176 g/mol. The average molecular weight is 196 g/mol. The molecule has 0 radical (unpaired) electrons. The molecule has 3 nitrogen and oxygen atoms in total. The molecule has 1 heterocycles. The number of likely N-dealkylation sites (N-methyl/N-ethyl adjacent to an activating group) is 1. The van der Waals surface area contributed by atoms with Crippen molar-refractivity contribution in [2.45, 2.75) is 19.8 Å². The molecule has 0 aromatic heterocycles. The first-order valence-corrected chi connectivity index (χ1v) is 5.26. The standard InChI is InChI=1S/C11H20N2O/c1-4-10-5-11(14)13(8-10)7-9(2)6-12-3/h10,12H,2,4-8H2,1,3H3. The summed E-state index contributed by atoms with van der Waals surface area (Å²) in [6.45, 7) is 8.50. The Hall–Kier alpha value is -0.830. The van der Waals surface area contributed by atoms with Gasteiger partial charge in [0.2, 0.25) is 5.91 Å². The molecule has 1 saturated heterocycles. The van der Waals surface area contributed by atoms with Crippen LogP contribution in [0.1, 0.15) is 19.8 Å². The van der Waals surface area contributed by atoms with E-state index in [1.165, 1.54) is 0 Å². The second-order valence-corrected chi connectivity index (χ2v) is 4.03. The van der Waals surface area contributed by atoms with E-state index in [1.807, 2.05) is 11.9 Å². The highest BCUT2D eigenvalue weighted by atomic mass is 16.2. The fourth-order valence-corrected chi connectivity index (χ4v) is 1.86. The number of rotatable bonds is 5. The lowest BCUT2D eigenvalue weighted by Crippen LogP contribution is -2.29. The Morgan fingerprint density at radius 1 is 1.71 bits per heavy atom. The van der Waals surface area contributed by atoms with Gasteiger partial charge in [0.1, 0.15) is 0 Å². The van der Waals surface area contributed by atoms with Crippen LogP contribution in [0.25, 0.3) is 0 Å². The van der Waals surface area contributed by atoms with E-state index in [0.29, 0.717) is 5.92 Å². The molecule has 1 fully saturated rings. The second kappa shape index (κ2) is 5.15. The van der Waals surface area contributed by atoms with Gasteiger partial charge < -0.3 is 10.2 Å². The molecule has 0 spiro atoms. The summed E-state index contributed by atoms with van der Waals surface area (Å²) in [5, 5.41) is 3.04. The van der Waals surface area contributed by atoms with Crippen molar-refractivity contribution < 1.29 is 4.79 Å². The Kier molecular flexibility index (Phi) is 4.14. The van der Waals surface area contributed by atoms with Gasteiger partial charge in [-0.05, 0) is 18.5 Å². The van der Waals surface area contributed by atoms with Crippen LogP contribution in [-0.2, 0) is 4.79 Å². The van der Waals surface area contributed by atoms with Crippen molar-refractivity contribution in [1.82, 2.24) is 10.2 Å². The number of carbonyl (C=O) groups excluding carboxylic acids is 1. The lowest BCUT2D eigenvalue weighted by molar-refractivity contribution is -0.127. The van der Waals surface area contributed by atoms with Gasteiger partial charge in [-0.3, -0.25) is 4.79 Å². The lowest BCUT2D eigenvalue weighted by Gasteiger charge is -2.17. The number of nitrogens with zero attached hydrogens (tertiary/aromatic N) is 1. The molecule has 3 heteroatoms. The van der Waals surface area contributed by atoms with Crippen LogP contribution in [0.3, 0.4) is 0 Å². The number of hydrogen-bond donors (Lipinski definition) is 1. The first-order chi connectivity index (χ1) is 6.67. The molecule has 0 aromatic rings. The topological polar surface area (TPSA) is 32.3 Å². The Balaban J connectivity index is 2.38. The van der Waals surface area contributed by atoms with Crippen LogP contribution in [0.4, 0.5) is 0 Å². The maximum atomic E-state index is 11.5. The zero-order valence-electron chi connectivity index (χ0n) is 9.18. The summed E-state index contributed by atoms with van der Waals surface area (Å²) in [4.78, 5) is 13.5. The second-order valence-electron chi connectivity index (χ2n) is 4.03. The van der Waals surface area contributed by atoms with Crippen LogP contribution in [0, 0.1) is 5.92 Å². The highest BCUT2D eigenvalue weighted by Gasteiger charge is 2.27. The fourth-order valence-electron chi connectivity index (χ4n) is 1.86. The predicted molar refractivity (Wildman–Crippen MR) is 58.0 cm³/mol. The molecular formula is C11H20N2O. The Bertz CT molecular complexity index is 225. The minimum atomic E-state index is 0.286. The molecule has 1 aliphatic rings. The van der Waals surface area contributed by atoms with Gasteiger partial charge in [0.25, 0.3) is 0 Å². The molecule has 1 atom stereocenters. The van der Waals surface area contributed by atoms with Gasteiger partial charge >= 0.3 is 0 Å². The molecule has 0 aromatic carbocycles. The molecule has 1 rings (SSSR count). The van der Waals surface area contributed by atoms with Gasteiger partial charge in [0.05, 0.1) is 0 Å². The Labute approximate surface area is 86.2 Å². The van der Waals surface area contributed by atoms with Gasteiger partial charge in [0.15, 0.2) is 0 Å². The summed E-state index contributed by atoms with van der Waals surface area (Å²) >= 11 is 0. The number of hydrogen-bond acceptors (Lipinski definition) is 2. The van der Waals surface area contributed by atoms with E-state index in [4.69, 9.17) is 0 Å². The van der Waals surface area contributed by atoms with Crippen molar-refractivity contribution in [3.05, 3.63) is 12.2 Å². The maximum absolute atomic E-state index is 11.5. The highest BCUT2D eigenvalue weighted by Crippen LogP contribution is 2.20. The van der Waals surface area contributed by atoms with Crippen LogP contribution < -0.4 is 5.32 Å². The van der Waals surface area contributed by atoms with E-state index in [-0.39, 0.29) is 5.91 Å². The van der Waals surface area contributed by atoms with Crippen molar-refractivity contribution in [3.63, 3.8) is 0 Å². The van der Waals surface area contributed by atoms with Crippen LogP contribution >= 0.6 is 0 Å². The smallest absolute Gasteiger partial charge is 0.223 e. The van der Waals surface area contributed by atoms with Crippen LogP contribution in [0.2, 0.25) is 0 Å². The Morgan fingerprint density at radius 3 is 2.93 bits per heavy atom. The minimum absolute atomic E-state index is 0.286. The molecule has 80 valence electrons. The van der Waals surface area contributed by atoms with E-state index >= 15 is 0 Å². The summed E-state index contributed by atoms with van der Waals surface area (Å²) in [6.07, 6.45) is 1.82. The maximum Gasteiger partial charge on any atom is 0.223 e. The number of amides is 1. The van der Waals surface area contributed by atoms with Crippen molar-refractivity contribution >= 4 is 5.91 Å². The molecule has 0 bridgehead atoms. The van der Waals surface area contributed by atoms with Gasteiger partial charge in [-0.1, -0.05) is 19.9 Å². The third-order valence-electron chi connectivity index (χ3n) is 2.71. The highest BCUT2D eigenvalue weighted by molar-refractivity contribution is 5.78. The number of likely N-dealkylation sites (tertiary alicyclic amines) is 1. The van der Waals surface area contributed by atoms with E-state index < -0.39 is 0 Å². The average Bonchev–Trinajstić information content (AvgIpc) is 2.48. The number of nitrogens with one attached hydrogen (secondary N) is 1. The Morgan fingerprint density at radius 2 is 2.43 bits per heavy atom. The monoisotopic (exact) mass is 196 g/mol. The molecule has 14 heavy (non-hydrogen) atoms. The van der Waals surface area contributed by atoms with E-state index in [2.05, 4.69) is 18.8 Å². The van der Waals surface area contributed by atoms with Crippen LogP contribution in [0.15, 0.2) is 12.2 Å². The predicted octanol–water partition coefficient (Wildman–Crippen LogP) is 1.02. The summed E-state index contributed by atoms with van der Waals surface area (Å²) in [5.41, 5.74) is 1.08. The summed E-state index contributed by atoms with van der Waals surface area (Å²) in [5.74, 6) is 0.846. The summed E-state index contributed by atoms with van der Waals surface area (Å²) in [7, 11) is 1.89. The molecule has 1 aliphatic heterocycles. The number of carbonyl (C=O) groups is 1. The van der Waals surface area contributed by atoms with Crippen molar-refractivity contribution in [2.24, 2.45) is 5.92 Å². The fraction of sp³-hybridized carbons (Fsp3) is 0.727. The molecule has 1 N–H and O–H groups in total. The first-order valence-electron chi connectivity index (χ1n) is 5.26. The van der Waals surface area contributed by atoms with Gasteiger partial charge in [0, 0.05) is 26.1 Å². The van der Waals surface area contributed by atoms with E-state index in [0.717, 1.165) is 38.0 Å². The summed E-state index contributed by atoms with van der Waals surface area (Å²) < 4.78 is 0. The molecule has 1 unspecified atom stereocenters. The van der Waals surface area contributed by atoms with E-state index in [9.17, 15) is 4.79 Å².